The zero-order valence-electron chi connectivity index (χ0n) is 11.3. The number of benzene rings is 1. The second kappa shape index (κ2) is 5.38. The van der Waals surface area contributed by atoms with Crippen molar-refractivity contribution in [3.8, 4) is 0 Å². The largest absolute Gasteiger partial charge is 0.340 e. The van der Waals surface area contributed by atoms with Gasteiger partial charge in [-0.15, -0.1) is 0 Å². The summed E-state index contributed by atoms with van der Waals surface area (Å²) in [5, 5.41) is 6.62. The average Bonchev–Trinajstić information content (AvgIpc) is 2.48. The van der Waals surface area contributed by atoms with E-state index in [-0.39, 0.29) is 5.78 Å². The molecule has 0 spiro atoms. The van der Waals surface area contributed by atoms with E-state index in [4.69, 9.17) is 0 Å². The quantitative estimate of drug-likeness (QED) is 0.834. The fraction of sp³-hybridized carbons (Fsp3) is 0.267. The molecule has 2 N–H and O–H groups in total. The van der Waals surface area contributed by atoms with Gasteiger partial charge in [-0.25, -0.2) is 9.97 Å². The van der Waals surface area contributed by atoms with E-state index >= 15 is 0 Å². The van der Waals surface area contributed by atoms with Gasteiger partial charge in [-0.1, -0.05) is 0 Å². The molecular weight excluding hydrogens is 252 g/mol. The summed E-state index contributed by atoms with van der Waals surface area (Å²) in [6.45, 7) is 3.30. The molecule has 2 heterocycles. The minimum atomic E-state index is 0.0696. The summed E-state index contributed by atoms with van der Waals surface area (Å²) in [6, 6.07) is 7.41. The highest BCUT2D eigenvalue weighted by atomic mass is 16.1. The van der Waals surface area contributed by atoms with E-state index in [1.54, 1.807) is 13.3 Å². The molecule has 0 unspecified atom stereocenters. The minimum absolute atomic E-state index is 0.0696. The summed E-state index contributed by atoms with van der Waals surface area (Å²) in [5.41, 5.74) is 3.85. The number of carbonyl (C=O) groups excluding carboxylic acids is 1. The van der Waals surface area contributed by atoms with Crippen LogP contribution in [0.1, 0.15) is 28.5 Å². The molecule has 0 saturated heterocycles. The molecule has 5 heteroatoms. The molecule has 1 aromatic carbocycles. The van der Waals surface area contributed by atoms with Crippen LogP contribution in [0.15, 0.2) is 30.6 Å². The van der Waals surface area contributed by atoms with Crippen LogP contribution in [0, 0.1) is 0 Å². The Morgan fingerprint density at radius 3 is 2.80 bits per heavy atom. The van der Waals surface area contributed by atoms with Crippen LogP contribution in [0.4, 0.5) is 11.5 Å². The number of Topliss-reactive ketones (excluding diaryl/α,β-unsaturated/α-hetero) is 1. The van der Waals surface area contributed by atoms with Gasteiger partial charge in [-0.2, -0.15) is 0 Å². The highest BCUT2D eigenvalue weighted by molar-refractivity contribution is 5.94. The predicted octanol–water partition coefficient (Wildman–Crippen LogP) is 2.07. The summed E-state index contributed by atoms with van der Waals surface area (Å²) in [7, 11) is 0. The molecule has 1 aromatic heterocycles. The minimum Gasteiger partial charge on any atom is -0.340 e. The lowest BCUT2D eigenvalue weighted by Crippen LogP contribution is -2.25. The maximum Gasteiger partial charge on any atom is 0.159 e. The van der Waals surface area contributed by atoms with Crippen molar-refractivity contribution < 1.29 is 4.79 Å². The Hall–Kier alpha value is -2.27. The van der Waals surface area contributed by atoms with Crippen molar-refractivity contribution >= 4 is 17.3 Å². The van der Waals surface area contributed by atoms with E-state index in [9.17, 15) is 4.79 Å². The number of anilines is 2. The number of aromatic nitrogens is 2. The second-order valence-corrected chi connectivity index (χ2v) is 4.83. The summed E-state index contributed by atoms with van der Waals surface area (Å²) < 4.78 is 0. The Morgan fingerprint density at radius 1 is 1.25 bits per heavy atom. The highest BCUT2D eigenvalue weighted by Gasteiger charge is 2.15. The fourth-order valence-corrected chi connectivity index (χ4v) is 2.30. The molecule has 0 radical (unpaired) electrons. The fourth-order valence-electron chi connectivity index (χ4n) is 2.30. The predicted molar refractivity (Wildman–Crippen MR) is 77.2 cm³/mol. The first-order valence-electron chi connectivity index (χ1n) is 6.65. The zero-order valence-corrected chi connectivity index (χ0v) is 11.3. The van der Waals surface area contributed by atoms with Crippen molar-refractivity contribution in [2.45, 2.75) is 19.9 Å². The van der Waals surface area contributed by atoms with Crippen LogP contribution in [0.2, 0.25) is 0 Å². The van der Waals surface area contributed by atoms with Gasteiger partial charge >= 0.3 is 0 Å². The van der Waals surface area contributed by atoms with Crippen LogP contribution in [-0.2, 0) is 13.0 Å². The average molecular weight is 268 g/mol. The molecule has 0 saturated carbocycles. The summed E-state index contributed by atoms with van der Waals surface area (Å²) in [5.74, 6) is 0.901. The van der Waals surface area contributed by atoms with Crippen LogP contribution in [-0.4, -0.2) is 22.3 Å². The molecule has 5 nitrogen and oxygen atoms in total. The number of rotatable bonds is 3. The molecule has 0 fully saturated rings. The van der Waals surface area contributed by atoms with Crippen molar-refractivity contribution in [2.75, 3.05) is 11.9 Å². The molecule has 0 aliphatic carbocycles. The molecule has 102 valence electrons. The van der Waals surface area contributed by atoms with Crippen molar-refractivity contribution in [1.29, 1.82) is 0 Å². The van der Waals surface area contributed by atoms with Crippen LogP contribution in [0.5, 0.6) is 0 Å². The number of nitrogens with zero attached hydrogens (tertiary/aromatic N) is 2. The third-order valence-corrected chi connectivity index (χ3v) is 3.43. The third kappa shape index (κ3) is 2.53. The molecule has 20 heavy (non-hydrogen) atoms. The molecule has 0 atom stereocenters. The number of hydrogen-bond acceptors (Lipinski definition) is 5. The zero-order chi connectivity index (χ0) is 13.9. The summed E-state index contributed by atoms with van der Waals surface area (Å²) >= 11 is 0. The van der Waals surface area contributed by atoms with Crippen molar-refractivity contribution in [2.24, 2.45) is 0 Å². The van der Waals surface area contributed by atoms with Crippen molar-refractivity contribution in [3.05, 3.63) is 47.4 Å². The molecule has 0 bridgehead atoms. The number of hydrogen-bond donors (Lipinski definition) is 2. The molecule has 1 aliphatic rings. The standard InChI is InChI=1S/C15H16N4O/c1-10(20)11-2-4-12(5-3-11)19-15-13-8-16-7-6-14(13)17-9-18-15/h2-5,9,16H,6-8H2,1H3,(H,17,18,19). The monoisotopic (exact) mass is 268 g/mol. The van der Waals surface area contributed by atoms with Gasteiger partial charge in [0.05, 0.1) is 5.69 Å². The Bertz CT molecular complexity index is 637. The Balaban J connectivity index is 1.86. The van der Waals surface area contributed by atoms with Crippen LogP contribution < -0.4 is 10.6 Å². The maximum absolute atomic E-state index is 11.3. The number of carbonyl (C=O) groups is 1. The summed E-state index contributed by atoms with van der Waals surface area (Å²) in [4.78, 5) is 19.9. The first-order chi connectivity index (χ1) is 9.74. The molecule has 0 amide bonds. The van der Waals surface area contributed by atoms with Crippen LogP contribution >= 0.6 is 0 Å². The van der Waals surface area contributed by atoms with Gasteiger partial charge in [-0.05, 0) is 31.2 Å². The Labute approximate surface area is 117 Å². The molecule has 1 aliphatic heterocycles. The van der Waals surface area contributed by atoms with Crippen molar-refractivity contribution in [1.82, 2.24) is 15.3 Å². The van der Waals surface area contributed by atoms with E-state index in [1.807, 2.05) is 24.3 Å². The number of fused-ring (bicyclic) bond motifs is 1. The van der Waals surface area contributed by atoms with Gasteiger partial charge in [0.2, 0.25) is 0 Å². The molecular formula is C15H16N4O. The summed E-state index contributed by atoms with van der Waals surface area (Å²) in [6.07, 6.45) is 2.52. The van der Waals surface area contributed by atoms with Crippen LogP contribution in [0.25, 0.3) is 0 Å². The van der Waals surface area contributed by atoms with E-state index < -0.39 is 0 Å². The van der Waals surface area contributed by atoms with Gasteiger partial charge < -0.3 is 10.6 Å². The molecule has 2 aromatic rings. The van der Waals surface area contributed by atoms with E-state index in [0.717, 1.165) is 42.3 Å². The van der Waals surface area contributed by atoms with Gasteiger partial charge in [0.1, 0.15) is 12.1 Å². The third-order valence-electron chi connectivity index (χ3n) is 3.43. The lowest BCUT2D eigenvalue weighted by molar-refractivity contribution is 0.101. The van der Waals surface area contributed by atoms with E-state index in [1.165, 1.54) is 0 Å². The normalized spacial score (nSPS) is 13.7. The molecule has 3 rings (SSSR count). The highest BCUT2D eigenvalue weighted by Crippen LogP contribution is 2.22. The Morgan fingerprint density at radius 2 is 2.05 bits per heavy atom. The first-order valence-corrected chi connectivity index (χ1v) is 6.65. The van der Waals surface area contributed by atoms with Crippen LogP contribution in [0.3, 0.4) is 0 Å². The Kier molecular flexibility index (Phi) is 3.43. The smallest absolute Gasteiger partial charge is 0.159 e. The van der Waals surface area contributed by atoms with Gasteiger partial charge in [0.25, 0.3) is 0 Å². The first kappa shape index (κ1) is 12.7. The van der Waals surface area contributed by atoms with Gasteiger partial charge in [0, 0.05) is 36.3 Å². The number of nitrogens with one attached hydrogen (secondary N) is 2. The van der Waals surface area contributed by atoms with Gasteiger partial charge in [-0.3, -0.25) is 4.79 Å². The van der Waals surface area contributed by atoms with E-state index in [0.29, 0.717) is 5.56 Å². The SMILES string of the molecule is CC(=O)c1ccc(Nc2ncnc3c2CNCC3)cc1. The maximum atomic E-state index is 11.3. The number of ketones is 1. The van der Waals surface area contributed by atoms with Gasteiger partial charge in [0.15, 0.2) is 5.78 Å². The lowest BCUT2D eigenvalue weighted by atomic mass is 10.1. The van der Waals surface area contributed by atoms with Crippen molar-refractivity contribution in [3.63, 3.8) is 0 Å². The topological polar surface area (TPSA) is 66.9 Å². The second-order valence-electron chi connectivity index (χ2n) is 4.83. The van der Waals surface area contributed by atoms with E-state index in [2.05, 4.69) is 20.6 Å². The lowest BCUT2D eigenvalue weighted by Gasteiger charge is -2.19.